The third kappa shape index (κ3) is 3.46. The van der Waals surface area contributed by atoms with Crippen LogP contribution in [0.3, 0.4) is 0 Å². The first-order chi connectivity index (χ1) is 13.5. The number of carbonyl (C=O) groups excluding carboxylic acids is 1. The van der Waals surface area contributed by atoms with Crippen LogP contribution in [0.4, 0.5) is 10.1 Å². The van der Waals surface area contributed by atoms with Crippen LogP contribution in [0, 0.1) is 17.1 Å². The first-order valence-electron chi connectivity index (χ1n) is 8.21. The fraction of sp³-hybridized carbons (Fsp3) is 0. The van der Waals surface area contributed by atoms with E-state index in [1.807, 2.05) is 36.4 Å². The van der Waals surface area contributed by atoms with Crippen molar-refractivity contribution in [2.75, 3.05) is 5.32 Å². The number of nitrogens with one attached hydrogen (secondary N) is 1. The summed E-state index contributed by atoms with van der Waals surface area (Å²) in [7, 11) is 0. The summed E-state index contributed by atoms with van der Waals surface area (Å²) in [6.45, 7) is 0. The number of halogens is 2. The topological polar surface area (TPSA) is 65.8 Å². The van der Waals surface area contributed by atoms with Gasteiger partial charge in [-0.25, -0.2) is 9.37 Å². The lowest BCUT2D eigenvalue weighted by atomic mass is 10.1. The van der Waals surface area contributed by atoms with Crippen molar-refractivity contribution in [1.82, 2.24) is 4.98 Å². The molecule has 4 aromatic rings. The number of para-hydroxylation sites is 1. The summed E-state index contributed by atoms with van der Waals surface area (Å²) in [4.78, 5) is 17.1. The van der Waals surface area contributed by atoms with Crippen LogP contribution in [0.2, 0.25) is 5.02 Å². The minimum absolute atomic E-state index is 0.143. The lowest BCUT2D eigenvalue weighted by molar-refractivity contribution is 0.102. The van der Waals surface area contributed by atoms with Gasteiger partial charge >= 0.3 is 0 Å². The highest BCUT2D eigenvalue weighted by Crippen LogP contribution is 2.34. The van der Waals surface area contributed by atoms with Crippen molar-refractivity contribution in [3.63, 3.8) is 0 Å². The van der Waals surface area contributed by atoms with Gasteiger partial charge in [0.1, 0.15) is 10.8 Å². The molecule has 0 aliphatic carbocycles. The Balaban J connectivity index is 1.66. The van der Waals surface area contributed by atoms with E-state index in [4.69, 9.17) is 16.9 Å². The molecule has 0 bridgehead atoms. The highest BCUT2D eigenvalue weighted by molar-refractivity contribution is 7.21. The third-order valence-electron chi connectivity index (χ3n) is 4.10. The summed E-state index contributed by atoms with van der Waals surface area (Å²) in [5.41, 5.74) is 2.02. The molecule has 0 aliphatic heterocycles. The van der Waals surface area contributed by atoms with E-state index < -0.39 is 11.7 Å². The molecule has 136 valence electrons. The lowest BCUT2D eigenvalue weighted by Gasteiger charge is -2.09. The van der Waals surface area contributed by atoms with E-state index in [2.05, 4.69) is 10.3 Å². The fourth-order valence-electron chi connectivity index (χ4n) is 2.71. The largest absolute Gasteiger partial charge is 0.321 e. The second-order valence-corrected chi connectivity index (χ2v) is 7.38. The normalized spacial score (nSPS) is 10.6. The molecule has 0 saturated heterocycles. The Morgan fingerprint density at radius 2 is 1.96 bits per heavy atom. The monoisotopic (exact) mass is 407 g/mol. The summed E-state index contributed by atoms with van der Waals surface area (Å²) < 4.78 is 15.2. The standard InChI is InChI=1S/C21H11ClFN3OS/c22-15-8-6-13(21-26-17-3-1-2-4-19(17)28-21)10-18(15)25-20(27)14-7-5-12(11-24)9-16(14)23/h1-10H,(H,25,27). The molecule has 0 fully saturated rings. The Kier molecular flexibility index (Phi) is 4.78. The SMILES string of the molecule is N#Cc1ccc(C(=O)Nc2cc(-c3nc4ccccc4s3)ccc2Cl)c(F)c1. The van der Waals surface area contributed by atoms with Crippen LogP contribution in [0.25, 0.3) is 20.8 Å². The molecule has 1 N–H and O–H groups in total. The van der Waals surface area contributed by atoms with Crippen molar-refractivity contribution in [2.45, 2.75) is 0 Å². The minimum atomic E-state index is -0.769. The molecular formula is C21H11ClFN3OS. The van der Waals surface area contributed by atoms with Crippen molar-refractivity contribution in [2.24, 2.45) is 0 Å². The summed E-state index contributed by atoms with van der Waals surface area (Å²) in [6, 6.07) is 18.5. The molecule has 0 atom stereocenters. The highest BCUT2D eigenvalue weighted by atomic mass is 35.5. The van der Waals surface area contributed by atoms with Crippen molar-refractivity contribution in [3.8, 4) is 16.6 Å². The summed E-state index contributed by atoms with van der Waals surface area (Å²) in [5.74, 6) is -1.42. The van der Waals surface area contributed by atoms with E-state index >= 15 is 0 Å². The zero-order valence-electron chi connectivity index (χ0n) is 14.2. The lowest BCUT2D eigenvalue weighted by Crippen LogP contribution is -2.14. The fourth-order valence-corrected chi connectivity index (χ4v) is 3.84. The number of rotatable bonds is 3. The van der Waals surface area contributed by atoms with Crippen molar-refractivity contribution < 1.29 is 9.18 Å². The second kappa shape index (κ2) is 7.39. The molecule has 0 aliphatic rings. The first-order valence-corrected chi connectivity index (χ1v) is 9.41. The Hall–Kier alpha value is -3.27. The van der Waals surface area contributed by atoms with E-state index in [-0.39, 0.29) is 11.1 Å². The number of thiazole rings is 1. The van der Waals surface area contributed by atoms with Gasteiger partial charge in [0.05, 0.1) is 38.1 Å². The number of hydrogen-bond acceptors (Lipinski definition) is 4. The molecule has 4 rings (SSSR count). The van der Waals surface area contributed by atoms with Gasteiger partial charge in [-0.1, -0.05) is 29.8 Å². The first kappa shape index (κ1) is 18.1. The van der Waals surface area contributed by atoms with Gasteiger partial charge in [-0.3, -0.25) is 4.79 Å². The smallest absolute Gasteiger partial charge is 0.258 e. The van der Waals surface area contributed by atoms with E-state index in [0.717, 1.165) is 26.9 Å². The van der Waals surface area contributed by atoms with Crippen LogP contribution in [0.15, 0.2) is 60.7 Å². The minimum Gasteiger partial charge on any atom is -0.321 e. The maximum Gasteiger partial charge on any atom is 0.258 e. The van der Waals surface area contributed by atoms with Crippen LogP contribution >= 0.6 is 22.9 Å². The van der Waals surface area contributed by atoms with E-state index in [1.165, 1.54) is 23.5 Å². The number of fused-ring (bicyclic) bond motifs is 1. The number of aromatic nitrogens is 1. The number of nitriles is 1. The zero-order chi connectivity index (χ0) is 19.7. The van der Waals surface area contributed by atoms with Gasteiger partial charge in [0.2, 0.25) is 0 Å². The molecule has 0 saturated carbocycles. The van der Waals surface area contributed by atoms with Gasteiger partial charge in [-0.2, -0.15) is 5.26 Å². The van der Waals surface area contributed by atoms with Crippen LogP contribution in [0.5, 0.6) is 0 Å². The number of anilines is 1. The van der Waals surface area contributed by atoms with Crippen molar-refractivity contribution in [1.29, 1.82) is 5.26 Å². The third-order valence-corrected chi connectivity index (χ3v) is 5.51. The molecule has 7 heteroatoms. The number of hydrogen-bond donors (Lipinski definition) is 1. The molecule has 1 heterocycles. The van der Waals surface area contributed by atoms with Crippen LogP contribution in [-0.4, -0.2) is 10.9 Å². The summed E-state index contributed by atoms with van der Waals surface area (Å²) >= 11 is 7.74. The van der Waals surface area contributed by atoms with E-state index in [9.17, 15) is 9.18 Å². The maximum absolute atomic E-state index is 14.1. The van der Waals surface area contributed by atoms with Gasteiger partial charge in [-0.15, -0.1) is 11.3 Å². The molecule has 1 amide bonds. The molecule has 0 unspecified atom stereocenters. The van der Waals surface area contributed by atoms with E-state index in [1.54, 1.807) is 12.1 Å². The van der Waals surface area contributed by atoms with Gasteiger partial charge in [0, 0.05) is 5.56 Å². The number of nitrogens with zero attached hydrogens (tertiary/aromatic N) is 2. The quantitative estimate of drug-likeness (QED) is 0.461. The van der Waals surface area contributed by atoms with Crippen LogP contribution in [-0.2, 0) is 0 Å². The second-order valence-electron chi connectivity index (χ2n) is 5.94. The van der Waals surface area contributed by atoms with Crippen molar-refractivity contribution >= 4 is 44.7 Å². The van der Waals surface area contributed by atoms with Gasteiger partial charge < -0.3 is 5.32 Å². The maximum atomic E-state index is 14.1. The van der Waals surface area contributed by atoms with Gasteiger partial charge in [0.25, 0.3) is 5.91 Å². The average molecular weight is 408 g/mol. The molecule has 4 nitrogen and oxygen atoms in total. The average Bonchev–Trinajstić information content (AvgIpc) is 3.13. The number of carbonyl (C=O) groups is 1. The Morgan fingerprint density at radius 3 is 2.71 bits per heavy atom. The molecular weight excluding hydrogens is 397 g/mol. The summed E-state index contributed by atoms with van der Waals surface area (Å²) in [5, 5.41) is 12.6. The zero-order valence-corrected chi connectivity index (χ0v) is 15.8. The molecule has 0 spiro atoms. The summed E-state index contributed by atoms with van der Waals surface area (Å²) in [6.07, 6.45) is 0. The predicted octanol–water partition coefficient (Wildman–Crippen LogP) is 5.88. The Labute approximate surface area is 168 Å². The molecule has 0 radical (unpaired) electrons. The van der Waals surface area contributed by atoms with E-state index in [0.29, 0.717) is 10.7 Å². The highest BCUT2D eigenvalue weighted by Gasteiger charge is 2.15. The molecule has 28 heavy (non-hydrogen) atoms. The molecule has 1 aromatic heterocycles. The Bertz CT molecular complexity index is 1230. The van der Waals surface area contributed by atoms with Crippen molar-refractivity contribution in [3.05, 3.63) is 82.6 Å². The molecule has 3 aromatic carbocycles. The van der Waals surface area contributed by atoms with Crippen LogP contribution < -0.4 is 5.32 Å². The predicted molar refractivity (Wildman–Crippen MR) is 109 cm³/mol. The Morgan fingerprint density at radius 1 is 1.14 bits per heavy atom. The van der Waals surface area contributed by atoms with Gasteiger partial charge in [-0.05, 0) is 42.5 Å². The van der Waals surface area contributed by atoms with Crippen LogP contribution in [0.1, 0.15) is 15.9 Å². The van der Waals surface area contributed by atoms with Gasteiger partial charge in [0.15, 0.2) is 0 Å². The number of amides is 1. The number of benzene rings is 3.